The van der Waals surface area contributed by atoms with E-state index >= 15 is 0 Å². The molecule has 3 aromatic heterocycles. The van der Waals surface area contributed by atoms with Gasteiger partial charge in [-0.2, -0.15) is 5.10 Å². The van der Waals surface area contributed by atoms with Gasteiger partial charge in [-0.05, 0) is 54.7 Å². The van der Waals surface area contributed by atoms with Gasteiger partial charge in [0.05, 0.1) is 29.4 Å². The monoisotopic (exact) mass is 523 g/mol. The summed E-state index contributed by atoms with van der Waals surface area (Å²) < 4.78 is 8.97. The predicted molar refractivity (Wildman–Crippen MR) is 141 cm³/mol. The molecule has 0 aromatic carbocycles. The Labute approximate surface area is 220 Å². The molecule has 4 heterocycles. The minimum atomic E-state index is -0.827. The average Bonchev–Trinajstić information content (AvgIpc) is 3.28. The van der Waals surface area contributed by atoms with Gasteiger partial charge in [-0.3, -0.25) is 14.1 Å². The number of primary amides is 1. The van der Waals surface area contributed by atoms with Gasteiger partial charge in [0.25, 0.3) is 5.91 Å². The lowest BCUT2D eigenvalue weighted by atomic mass is 10.1. The number of hydrogen-bond donors (Lipinski definition) is 3. The van der Waals surface area contributed by atoms with Gasteiger partial charge >= 0.3 is 0 Å². The number of pyridine rings is 1. The molecule has 1 aliphatic carbocycles. The van der Waals surface area contributed by atoms with Gasteiger partial charge in [0.1, 0.15) is 29.6 Å². The molecule has 37 heavy (non-hydrogen) atoms. The molecule has 0 radical (unpaired) electrons. The molecule has 1 saturated heterocycles. The molecule has 0 bridgehead atoms. The molecule has 10 nitrogen and oxygen atoms in total. The Morgan fingerprint density at radius 3 is 2.89 bits per heavy atom. The molecule has 0 spiro atoms. The number of aliphatic hydroxyl groups excluding tert-OH is 1. The highest BCUT2D eigenvalue weighted by molar-refractivity contribution is 6.31. The van der Waals surface area contributed by atoms with Gasteiger partial charge < -0.3 is 20.9 Å². The Hall–Kier alpha value is -3.36. The minimum absolute atomic E-state index is 0.0539. The summed E-state index contributed by atoms with van der Waals surface area (Å²) in [6.07, 6.45) is 7.09. The number of likely N-dealkylation sites (tertiary alicyclic amines) is 1. The molecule has 1 unspecified atom stereocenters. The van der Waals surface area contributed by atoms with Gasteiger partial charge in [0.15, 0.2) is 5.69 Å². The molecular weight excluding hydrogens is 494 g/mol. The van der Waals surface area contributed by atoms with E-state index in [0.29, 0.717) is 42.0 Å². The van der Waals surface area contributed by atoms with Crippen LogP contribution in [0.15, 0.2) is 31.2 Å². The fourth-order valence-electron chi connectivity index (χ4n) is 5.21. The lowest BCUT2D eigenvalue weighted by Crippen LogP contribution is -2.40. The summed E-state index contributed by atoms with van der Waals surface area (Å²) in [6.45, 7) is 4.62. The maximum Gasteiger partial charge on any atom is 0.255 e. The highest BCUT2D eigenvalue weighted by Crippen LogP contribution is 2.43. The third-order valence-corrected chi connectivity index (χ3v) is 7.37. The van der Waals surface area contributed by atoms with E-state index in [2.05, 4.69) is 28.7 Å². The summed E-state index contributed by atoms with van der Waals surface area (Å²) in [7, 11) is 3.33. The Bertz CT molecular complexity index is 1410. The zero-order chi connectivity index (χ0) is 26.3. The number of methoxy groups -OCH3 is 1. The normalized spacial score (nSPS) is 20.5. The van der Waals surface area contributed by atoms with E-state index in [1.807, 2.05) is 21.6 Å². The summed E-state index contributed by atoms with van der Waals surface area (Å²) in [5.74, 6) is 6.47. The van der Waals surface area contributed by atoms with Crippen molar-refractivity contribution < 1.29 is 14.6 Å². The Morgan fingerprint density at radius 1 is 1.46 bits per heavy atom. The quantitative estimate of drug-likeness (QED) is 0.306. The first-order chi connectivity index (χ1) is 17.9. The molecule has 1 saturated carbocycles. The van der Waals surface area contributed by atoms with E-state index in [4.69, 9.17) is 27.2 Å². The first-order valence-electron chi connectivity index (χ1n) is 12.2. The first kappa shape index (κ1) is 25.3. The van der Waals surface area contributed by atoms with Crippen molar-refractivity contribution in [2.24, 2.45) is 5.73 Å². The second kappa shape index (κ2) is 10.2. The second-order valence-electron chi connectivity index (χ2n) is 9.45. The van der Waals surface area contributed by atoms with E-state index in [1.54, 1.807) is 25.2 Å². The number of amides is 1. The second-order valence-corrected chi connectivity index (χ2v) is 9.85. The lowest BCUT2D eigenvalue weighted by Gasteiger charge is -2.26. The molecule has 1 amide bonds. The summed E-state index contributed by atoms with van der Waals surface area (Å²) in [5, 5.41) is 18.7. The van der Waals surface area contributed by atoms with E-state index < -0.39 is 12.1 Å². The smallest absolute Gasteiger partial charge is 0.255 e. The van der Waals surface area contributed by atoms with Crippen LogP contribution in [0.25, 0.3) is 5.52 Å². The lowest BCUT2D eigenvalue weighted by molar-refractivity contribution is 0.00605. The summed E-state index contributed by atoms with van der Waals surface area (Å²) in [6, 6.07) is 1.75. The van der Waals surface area contributed by atoms with Crippen molar-refractivity contribution in [1.82, 2.24) is 24.1 Å². The highest BCUT2D eigenvalue weighted by Gasteiger charge is 2.38. The van der Waals surface area contributed by atoms with Crippen molar-refractivity contribution in [2.45, 2.75) is 43.5 Å². The van der Waals surface area contributed by atoms with Crippen molar-refractivity contribution >= 4 is 28.8 Å². The fraction of sp³-hybridized carbons (Fsp3) is 0.423. The molecule has 194 valence electrons. The number of ether oxygens (including phenoxy) is 1. The number of anilines is 1. The number of rotatable bonds is 8. The zero-order valence-electron chi connectivity index (χ0n) is 20.8. The third-order valence-electron chi connectivity index (χ3n) is 7.08. The minimum Gasteiger partial charge on any atom is -0.383 e. The number of nitrogens with two attached hydrogens (primary N) is 1. The molecule has 2 aliphatic rings. The summed E-state index contributed by atoms with van der Waals surface area (Å²) >= 11 is 6.65. The van der Waals surface area contributed by atoms with Crippen molar-refractivity contribution in [3.8, 4) is 11.8 Å². The van der Waals surface area contributed by atoms with E-state index in [-0.39, 0.29) is 23.3 Å². The van der Waals surface area contributed by atoms with Crippen LogP contribution in [0.2, 0.25) is 5.02 Å². The van der Waals surface area contributed by atoms with Crippen LogP contribution < -0.4 is 11.1 Å². The van der Waals surface area contributed by atoms with Crippen LogP contribution >= 0.6 is 11.6 Å². The maximum atomic E-state index is 12.5. The largest absolute Gasteiger partial charge is 0.383 e. The van der Waals surface area contributed by atoms with Crippen LogP contribution in [0.5, 0.6) is 0 Å². The molecule has 5 rings (SSSR count). The maximum absolute atomic E-state index is 12.5. The molecule has 1 aliphatic heterocycles. The van der Waals surface area contributed by atoms with E-state index in [9.17, 15) is 9.90 Å². The first-order valence-corrected chi connectivity index (χ1v) is 12.6. The number of nitrogens with one attached hydrogen (secondary N) is 1. The number of nitrogens with zero attached hydrogens (tertiary/aromatic N) is 5. The molecule has 3 aromatic rings. The van der Waals surface area contributed by atoms with Crippen LogP contribution in [0, 0.1) is 11.8 Å². The Balaban J connectivity index is 1.56. The number of hydrogen-bond acceptors (Lipinski definition) is 7. The van der Waals surface area contributed by atoms with Gasteiger partial charge in [-0.25, -0.2) is 9.67 Å². The summed E-state index contributed by atoms with van der Waals surface area (Å²) in [4.78, 5) is 18.7. The number of fused-ring (bicyclic) bond motifs is 1. The summed E-state index contributed by atoms with van der Waals surface area (Å²) in [5.41, 5.74) is 8.95. The number of carbonyl (C=O) groups excluding carboxylic acids is 1. The van der Waals surface area contributed by atoms with Crippen molar-refractivity contribution in [2.75, 3.05) is 32.6 Å². The van der Waals surface area contributed by atoms with Crippen molar-refractivity contribution in [3.63, 3.8) is 0 Å². The van der Waals surface area contributed by atoms with Gasteiger partial charge in [-0.1, -0.05) is 18.2 Å². The highest BCUT2D eigenvalue weighted by atomic mass is 35.5. The number of carbonyl (C=O) groups is 1. The topological polar surface area (TPSA) is 123 Å². The predicted octanol–water partition coefficient (Wildman–Crippen LogP) is 2.37. The Morgan fingerprint density at radius 2 is 2.24 bits per heavy atom. The van der Waals surface area contributed by atoms with Crippen LogP contribution in [0.1, 0.15) is 58.5 Å². The SMILES string of the molecule is C=CC(O)N1C[C@@H](n2nc(C#Cc3c(Cl)cc(C4CC4)c4cncn34)c(C(N)=O)c2NC)C[C@@H]1COC. The van der Waals surface area contributed by atoms with Gasteiger partial charge in [0, 0.05) is 26.7 Å². The number of aromatic nitrogens is 4. The van der Waals surface area contributed by atoms with Crippen LogP contribution in [-0.2, 0) is 4.74 Å². The van der Waals surface area contributed by atoms with Crippen LogP contribution in [-0.4, -0.2) is 74.7 Å². The van der Waals surface area contributed by atoms with Crippen LogP contribution in [0.3, 0.4) is 0 Å². The standard InChI is InChI=1S/C26H30ClN7O3/c1-4-23(35)32-12-16(9-17(32)13-37-3)34-26(29-2)24(25(28)36)20(31-34)7-8-21-19(27)10-18(15-5-6-15)22-11-30-14-33(21)22/h4,10-11,14-17,23,29,35H,1,5-6,9,12-13H2,2-3H3,(H2,28,36)/t16-,17+,23?/m0/s1. The molecule has 11 heteroatoms. The molecule has 3 atom stereocenters. The van der Waals surface area contributed by atoms with Crippen LogP contribution in [0.4, 0.5) is 5.82 Å². The zero-order valence-corrected chi connectivity index (χ0v) is 21.6. The third kappa shape index (κ3) is 4.60. The Kier molecular flexibility index (Phi) is 6.96. The van der Waals surface area contributed by atoms with Crippen molar-refractivity contribution in [1.29, 1.82) is 0 Å². The average molecular weight is 524 g/mol. The number of aliphatic hydroxyl groups is 1. The molecular formula is C26H30ClN7O3. The fourth-order valence-corrected chi connectivity index (χ4v) is 5.46. The van der Waals surface area contributed by atoms with E-state index in [1.165, 1.54) is 11.6 Å². The van der Waals surface area contributed by atoms with Crippen molar-refractivity contribution in [3.05, 3.63) is 58.8 Å². The van der Waals surface area contributed by atoms with Gasteiger partial charge in [0.2, 0.25) is 0 Å². The van der Waals surface area contributed by atoms with Gasteiger partial charge in [-0.15, -0.1) is 0 Å². The number of halogens is 1. The molecule has 2 fully saturated rings. The van der Waals surface area contributed by atoms with E-state index in [0.717, 1.165) is 18.4 Å². The number of imidazole rings is 1. The molecule has 4 N–H and O–H groups in total.